The maximum Gasteiger partial charge on any atom is -0.0253 e. The minimum absolute atomic E-state index is 0. The van der Waals surface area contributed by atoms with Crippen molar-refractivity contribution in [2.45, 2.75) is 12.8 Å². The summed E-state index contributed by atoms with van der Waals surface area (Å²) < 4.78 is 0. The molecular weight excluding hydrogens is 491 g/mol. The van der Waals surface area contributed by atoms with E-state index in [1.807, 2.05) is 19.0 Å². The Morgan fingerprint density at radius 2 is 0.903 bits per heavy atom. The molecule has 4 aromatic rings. The fourth-order valence-electron chi connectivity index (χ4n) is 4.00. The first kappa shape index (κ1) is 27.3. The van der Waals surface area contributed by atoms with Gasteiger partial charge in [-0.1, -0.05) is 70.8 Å². The second-order valence-electron chi connectivity index (χ2n) is 6.79. The second kappa shape index (κ2) is 13.0. The van der Waals surface area contributed by atoms with Crippen LogP contribution in [0.3, 0.4) is 0 Å². The Labute approximate surface area is 210 Å². The van der Waals surface area contributed by atoms with E-state index in [4.69, 9.17) is 0 Å². The first-order valence-electron chi connectivity index (χ1n) is 9.41. The Balaban J connectivity index is 0.000000264. The zero-order chi connectivity index (χ0) is 19.3. The van der Waals surface area contributed by atoms with Gasteiger partial charge in [-0.25, -0.2) is 0 Å². The van der Waals surface area contributed by atoms with Crippen LogP contribution in [-0.2, 0) is 36.2 Å². The smallest absolute Gasteiger partial charge is 0.0253 e. The molecule has 0 saturated heterocycles. The largest absolute Gasteiger partial charge is 0.179 e. The molecule has 0 N–H and O–H groups in total. The summed E-state index contributed by atoms with van der Waals surface area (Å²) in [6.45, 7) is 1.95. The van der Waals surface area contributed by atoms with Gasteiger partial charge in [0.05, 0.1) is 0 Å². The number of hydrogen-bond donors (Lipinski definition) is 0. The molecule has 0 bridgehead atoms. The summed E-state index contributed by atoms with van der Waals surface area (Å²) in [4.78, 5) is 0. The summed E-state index contributed by atoms with van der Waals surface area (Å²) in [5, 5.41) is 0. The van der Waals surface area contributed by atoms with Crippen LogP contribution < -0.4 is 0 Å². The average molecular weight is 518 g/mol. The minimum Gasteiger partial charge on any atom is -0.179 e. The van der Waals surface area contributed by atoms with Gasteiger partial charge in [0.25, 0.3) is 0 Å². The monoisotopic (exact) mass is 516 g/mol. The molecule has 0 aliphatic heterocycles. The van der Waals surface area contributed by atoms with Crippen molar-refractivity contribution < 1.29 is 23.3 Å². The van der Waals surface area contributed by atoms with Crippen molar-refractivity contribution >= 4 is 19.3 Å². The van der Waals surface area contributed by atoms with E-state index in [9.17, 15) is 0 Å². The van der Waals surface area contributed by atoms with Gasteiger partial charge in [-0.2, -0.15) is 59.7 Å². The molecule has 2 aliphatic rings. The van der Waals surface area contributed by atoms with E-state index in [1.165, 1.54) is 44.5 Å². The van der Waals surface area contributed by atoms with Crippen LogP contribution in [0, 0.1) is 27.0 Å². The predicted octanol–water partition coefficient (Wildman–Crippen LogP) is 6.52. The van der Waals surface area contributed by atoms with Gasteiger partial charge in [0.15, 0.2) is 0 Å². The molecule has 4 aromatic carbocycles. The topological polar surface area (TPSA) is 0 Å². The van der Waals surface area contributed by atoms with Crippen LogP contribution in [0.2, 0.25) is 0 Å². The van der Waals surface area contributed by atoms with E-state index in [1.54, 1.807) is 23.3 Å². The molecular formula is C28H27ClSiZr-4. The Kier molecular flexibility index (Phi) is 11.4. The Hall–Kier alpha value is -1.73. The Morgan fingerprint density at radius 1 is 0.548 bits per heavy atom. The van der Waals surface area contributed by atoms with Crippen molar-refractivity contribution in [1.82, 2.24) is 0 Å². The summed E-state index contributed by atoms with van der Waals surface area (Å²) in [7, 11) is 0. The fourth-order valence-corrected chi connectivity index (χ4v) is 4.00. The average Bonchev–Trinajstić information content (AvgIpc) is 3.34. The number of fused-ring (bicyclic) bond motifs is 6. The number of hydrogen-bond acceptors (Lipinski definition) is 0. The summed E-state index contributed by atoms with van der Waals surface area (Å²) in [5.41, 5.74) is 11.0. The zero-order valence-electron chi connectivity index (χ0n) is 18.1. The number of benzene rings is 4. The summed E-state index contributed by atoms with van der Waals surface area (Å²) in [6.07, 6.45) is 2.10. The molecule has 0 aromatic heterocycles. The normalized spacial score (nSPS) is 10.4. The SMILES string of the molecule is Cl.[CH3-].[CH3-].[SiH2]=[Zr].[c-]1cccc2c1Cc1ccccc1-2.[c-]1cccc2c1Cc1ccccc1-2. The van der Waals surface area contributed by atoms with Crippen LogP contribution in [0.4, 0.5) is 0 Å². The first-order chi connectivity index (χ1) is 13.9. The quantitative estimate of drug-likeness (QED) is 0.159. The number of halogens is 1. The molecule has 0 atom stereocenters. The standard InChI is InChI=1S/2C13H9.2CH3.ClH.H2Si.Zr/c2*1-3-7-12-10(5-1)9-11-6-2-4-8-13(11)12;;;;;/h2*1-5,7-8H,9H2;2*1H3;1H;1H2;/q4*-1;;;. The van der Waals surface area contributed by atoms with Crippen molar-refractivity contribution in [1.29, 1.82) is 0 Å². The minimum atomic E-state index is 0. The molecule has 2 aliphatic carbocycles. The van der Waals surface area contributed by atoms with Crippen LogP contribution in [0.15, 0.2) is 84.9 Å². The molecule has 0 radical (unpaired) electrons. The maximum absolute atomic E-state index is 3.30. The van der Waals surface area contributed by atoms with E-state index in [2.05, 4.69) is 84.9 Å². The summed E-state index contributed by atoms with van der Waals surface area (Å²) in [6, 6.07) is 36.2. The predicted molar refractivity (Wildman–Crippen MR) is 136 cm³/mol. The van der Waals surface area contributed by atoms with Gasteiger partial charge in [-0.05, 0) is 12.8 Å². The molecule has 0 amide bonds. The van der Waals surface area contributed by atoms with Crippen molar-refractivity contribution in [3.63, 3.8) is 0 Å². The third-order valence-electron chi connectivity index (χ3n) is 5.23. The van der Waals surface area contributed by atoms with Gasteiger partial charge in [0, 0.05) is 0 Å². The second-order valence-corrected chi connectivity index (χ2v) is 6.79. The molecule has 158 valence electrons. The summed E-state index contributed by atoms with van der Waals surface area (Å²) >= 11 is 1.58. The molecule has 0 nitrogen and oxygen atoms in total. The van der Waals surface area contributed by atoms with E-state index in [0.717, 1.165) is 12.8 Å². The van der Waals surface area contributed by atoms with E-state index in [0.29, 0.717) is 0 Å². The van der Waals surface area contributed by atoms with Crippen molar-refractivity contribution in [3.8, 4) is 22.3 Å². The van der Waals surface area contributed by atoms with Crippen LogP contribution in [-0.4, -0.2) is 6.88 Å². The summed E-state index contributed by atoms with van der Waals surface area (Å²) in [5.74, 6) is 0. The zero-order valence-corrected chi connectivity index (χ0v) is 22.8. The molecule has 0 saturated carbocycles. The van der Waals surface area contributed by atoms with Crippen molar-refractivity contribution in [3.05, 3.63) is 134 Å². The third-order valence-corrected chi connectivity index (χ3v) is 5.23. The molecule has 0 unspecified atom stereocenters. The molecule has 0 heterocycles. The first-order valence-corrected chi connectivity index (χ1v) is 15.3. The molecule has 3 heteroatoms. The Morgan fingerprint density at radius 3 is 1.32 bits per heavy atom. The molecule has 31 heavy (non-hydrogen) atoms. The van der Waals surface area contributed by atoms with E-state index < -0.39 is 0 Å². The molecule has 0 fully saturated rings. The molecule has 0 spiro atoms. The van der Waals surface area contributed by atoms with Crippen LogP contribution in [0.5, 0.6) is 0 Å². The van der Waals surface area contributed by atoms with E-state index >= 15 is 0 Å². The fraction of sp³-hybridized carbons (Fsp3) is 0.0714. The van der Waals surface area contributed by atoms with Gasteiger partial charge >= 0.3 is 30.2 Å². The van der Waals surface area contributed by atoms with Crippen molar-refractivity contribution in [2.75, 3.05) is 0 Å². The van der Waals surface area contributed by atoms with Gasteiger partial charge in [0.2, 0.25) is 0 Å². The van der Waals surface area contributed by atoms with Crippen LogP contribution in [0.25, 0.3) is 22.3 Å². The third kappa shape index (κ3) is 5.75. The number of rotatable bonds is 0. The molecule has 6 rings (SSSR count). The Bertz CT molecular complexity index is 947. The van der Waals surface area contributed by atoms with Crippen LogP contribution in [0.1, 0.15) is 22.3 Å². The van der Waals surface area contributed by atoms with Gasteiger partial charge in [-0.15, -0.1) is 23.5 Å². The maximum atomic E-state index is 3.30. The van der Waals surface area contributed by atoms with Crippen molar-refractivity contribution in [2.24, 2.45) is 0 Å². The van der Waals surface area contributed by atoms with Gasteiger partial charge < -0.3 is 14.9 Å². The van der Waals surface area contributed by atoms with Crippen LogP contribution >= 0.6 is 12.4 Å². The van der Waals surface area contributed by atoms with Gasteiger partial charge in [-0.3, -0.25) is 0 Å². The van der Waals surface area contributed by atoms with Gasteiger partial charge in [0.1, 0.15) is 0 Å². The van der Waals surface area contributed by atoms with E-state index in [-0.39, 0.29) is 27.3 Å².